The number of amides is 2. The molecule has 5 nitrogen and oxygen atoms in total. The highest BCUT2D eigenvalue weighted by Crippen LogP contribution is 2.30. The molecule has 7 heteroatoms. The number of aliphatic hydroxyl groups is 1. The topological polar surface area (TPSA) is 69.6 Å². The lowest BCUT2D eigenvalue weighted by molar-refractivity contribution is -0.137. The van der Waals surface area contributed by atoms with E-state index in [0.717, 1.165) is 10.5 Å². The Balaban J connectivity index is 2.23. The molecule has 0 unspecified atom stereocenters. The zero-order chi connectivity index (χ0) is 14.9. The number of carbonyl (C=O) groups excluding carboxylic acids is 2. The third-order valence-electron chi connectivity index (χ3n) is 2.85. The number of carbonyl (C=O) groups is 2. The highest BCUT2D eigenvalue weighted by Gasteiger charge is 2.30. The molecule has 0 bridgehead atoms. The molecule has 0 spiro atoms. The maximum Gasteiger partial charge on any atom is 0.277 e. The van der Waals surface area contributed by atoms with Crippen LogP contribution < -0.4 is 5.32 Å². The molecule has 1 aromatic rings. The van der Waals surface area contributed by atoms with Crippen LogP contribution in [0.15, 0.2) is 23.9 Å². The number of β-amino-alcohol motifs (C(OH)–C–C–N with tert-alkyl or cyclic N) is 1. The zero-order valence-corrected chi connectivity index (χ0v) is 12.1. The molecule has 0 saturated heterocycles. The monoisotopic (exact) mass is 314 g/mol. The number of anilines is 1. The van der Waals surface area contributed by atoms with Gasteiger partial charge in [-0.15, -0.1) is 0 Å². The molecular weight excluding hydrogens is 303 g/mol. The quantitative estimate of drug-likeness (QED) is 0.834. The van der Waals surface area contributed by atoms with Gasteiger partial charge in [0.15, 0.2) is 0 Å². The molecule has 106 valence electrons. The molecular formula is C13H12Cl2N2O3. The van der Waals surface area contributed by atoms with Crippen LogP contribution in [0.1, 0.15) is 5.56 Å². The van der Waals surface area contributed by atoms with Gasteiger partial charge < -0.3 is 10.4 Å². The van der Waals surface area contributed by atoms with Crippen molar-refractivity contribution >= 4 is 40.7 Å². The van der Waals surface area contributed by atoms with Crippen molar-refractivity contribution < 1.29 is 14.7 Å². The van der Waals surface area contributed by atoms with Gasteiger partial charge in [-0.05, 0) is 24.6 Å². The first-order chi connectivity index (χ1) is 9.43. The summed E-state index contributed by atoms with van der Waals surface area (Å²) in [6, 6.07) is 3.26. The fourth-order valence-electron chi connectivity index (χ4n) is 1.81. The summed E-state index contributed by atoms with van der Waals surface area (Å²) in [6.45, 7) is 1.49. The van der Waals surface area contributed by atoms with Crippen LogP contribution in [-0.2, 0) is 9.59 Å². The minimum absolute atomic E-state index is 0.0350. The number of rotatable bonds is 4. The molecule has 1 heterocycles. The molecule has 0 aromatic heterocycles. The van der Waals surface area contributed by atoms with Crippen LogP contribution >= 0.6 is 23.2 Å². The molecule has 0 aliphatic carbocycles. The second-order valence-corrected chi connectivity index (χ2v) is 5.10. The second-order valence-electron chi connectivity index (χ2n) is 4.28. The first-order valence-corrected chi connectivity index (χ1v) is 6.60. The molecule has 1 aliphatic heterocycles. The molecule has 20 heavy (non-hydrogen) atoms. The van der Waals surface area contributed by atoms with Crippen LogP contribution in [0, 0.1) is 6.92 Å². The van der Waals surface area contributed by atoms with Crippen LogP contribution in [-0.4, -0.2) is 35.0 Å². The number of hydrogen-bond donors (Lipinski definition) is 2. The lowest BCUT2D eigenvalue weighted by atomic mass is 10.2. The summed E-state index contributed by atoms with van der Waals surface area (Å²) in [7, 11) is 0. The van der Waals surface area contributed by atoms with Crippen LogP contribution in [0.2, 0.25) is 10.0 Å². The van der Waals surface area contributed by atoms with Crippen molar-refractivity contribution in [1.82, 2.24) is 4.90 Å². The third kappa shape index (κ3) is 2.80. The second kappa shape index (κ2) is 5.83. The van der Waals surface area contributed by atoms with Gasteiger partial charge in [-0.25, -0.2) is 0 Å². The van der Waals surface area contributed by atoms with Crippen LogP contribution in [0.3, 0.4) is 0 Å². The summed E-state index contributed by atoms with van der Waals surface area (Å²) in [5.41, 5.74) is 1.40. The highest BCUT2D eigenvalue weighted by molar-refractivity contribution is 6.37. The van der Waals surface area contributed by atoms with E-state index in [1.807, 2.05) is 0 Å². The average Bonchev–Trinajstić information content (AvgIpc) is 2.64. The van der Waals surface area contributed by atoms with Crippen LogP contribution in [0.5, 0.6) is 0 Å². The zero-order valence-electron chi connectivity index (χ0n) is 10.6. The van der Waals surface area contributed by atoms with Crippen LogP contribution in [0.4, 0.5) is 5.69 Å². The summed E-state index contributed by atoms with van der Waals surface area (Å²) < 4.78 is 0. The summed E-state index contributed by atoms with van der Waals surface area (Å²) in [6.07, 6.45) is 1.18. The predicted molar refractivity (Wildman–Crippen MR) is 76.7 cm³/mol. The number of nitrogens with zero attached hydrogens (tertiary/aromatic N) is 1. The van der Waals surface area contributed by atoms with Crippen molar-refractivity contribution in [3.63, 3.8) is 0 Å². The number of imide groups is 1. The molecule has 0 atom stereocenters. The van der Waals surface area contributed by atoms with E-state index in [4.69, 9.17) is 28.3 Å². The minimum Gasteiger partial charge on any atom is -0.395 e. The first kappa shape index (κ1) is 14.8. The van der Waals surface area contributed by atoms with Crippen molar-refractivity contribution in [3.05, 3.63) is 39.5 Å². The van der Waals surface area contributed by atoms with E-state index >= 15 is 0 Å². The van der Waals surface area contributed by atoms with Gasteiger partial charge >= 0.3 is 0 Å². The number of hydrogen-bond acceptors (Lipinski definition) is 4. The molecule has 0 saturated carbocycles. The van der Waals surface area contributed by atoms with E-state index in [9.17, 15) is 9.59 Å². The van der Waals surface area contributed by atoms with E-state index in [1.54, 1.807) is 19.1 Å². The lowest BCUT2D eigenvalue weighted by Crippen LogP contribution is -2.34. The highest BCUT2D eigenvalue weighted by atomic mass is 35.5. The fourth-order valence-corrected chi connectivity index (χ4v) is 2.24. The Kier molecular flexibility index (Phi) is 4.32. The SMILES string of the molecule is Cc1cc(NC2=CC(=O)N(CCO)C2=O)c(Cl)cc1Cl. The number of nitrogens with one attached hydrogen (secondary N) is 1. The van der Waals surface area contributed by atoms with Crippen LogP contribution in [0.25, 0.3) is 0 Å². The van der Waals surface area contributed by atoms with Gasteiger partial charge in [-0.2, -0.15) is 0 Å². The van der Waals surface area contributed by atoms with E-state index in [0.29, 0.717) is 15.7 Å². The van der Waals surface area contributed by atoms with Gasteiger partial charge in [0.2, 0.25) is 0 Å². The number of aliphatic hydroxyl groups excluding tert-OH is 1. The Hall–Kier alpha value is -1.56. The van der Waals surface area contributed by atoms with Gasteiger partial charge in [-0.3, -0.25) is 14.5 Å². The Bertz CT molecular complexity index is 614. The summed E-state index contributed by atoms with van der Waals surface area (Å²) in [5, 5.41) is 12.5. The Morgan fingerprint density at radius 2 is 1.95 bits per heavy atom. The maximum absolute atomic E-state index is 12.0. The predicted octanol–water partition coefficient (Wildman–Crippen LogP) is 1.96. The molecule has 0 fully saturated rings. The van der Waals surface area contributed by atoms with E-state index in [2.05, 4.69) is 5.32 Å². The van der Waals surface area contributed by atoms with E-state index in [-0.39, 0.29) is 18.8 Å². The molecule has 1 aromatic carbocycles. The average molecular weight is 315 g/mol. The Labute approximate surface area is 125 Å². The summed E-state index contributed by atoms with van der Waals surface area (Å²) >= 11 is 12.0. The van der Waals surface area contributed by atoms with Gasteiger partial charge in [0, 0.05) is 11.1 Å². The molecule has 0 radical (unpaired) electrons. The van der Waals surface area contributed by atoms with E-state index < -0.39 is 11.8 Å². The molecule has 2 N–H and O–H groups in total. The maximum atomic E-state index is 12.0. The molecule has 2 rings (SSSR count). The van der Waals surface area contributed by atoms with E-state index in [1.165, 1.54) is 6.08 Å². The van der Waals surface area contributed by atoms with Gasteiger partial charge in [0.25, 0.3) is 11.8 Å². The molecule has 2 amide bonds. The summed E-state index contributed by atoms with van der Waals surface area (Å²) in [4.78, 5) is 24.5. The third-order valence-corrected chi connectivity index (χ3v) is 3.57. The van der Waals surface area contributed by atoms with Gasteiger partial charge in [-0.1, -0.05) is 23.2 Å². The van der Waals surface area contributed by atoms with Crippen molar-refractivity contribution in [2.75, 3.05) is 18.5 Å². The van der Waals surface area contributed by atoms with Crippen molar-refractivity contribution in [2.24, 2.45) is 0 Å². The first-order valence-electron chi connectivity index (χ1n) is 5.85. The Morgan fingerprint density at radius 1 is 1.25 bits per heavy atom. The number of benzene rings is 1. The van der Waals surface area contributed by atoms with Gasteiger partial charge in [0.1, 0.15) is 5.70 Å². The molecule has 1 aliphatic rings. The van der Waals surface area contributed by atoms with Gasteiger partial charge in [0.05, 0.1) is 23.9 Å². The largest absolute Gasteiger partial charge is 0.395 e. The number of aryl methyl sites for hydroxylation is 1. The number of halogens is 2. The normalized spacial score (nSPS) is 14.8. The van der Waals surface area contributed by atoms with Crippen molar-refractivity contribution in [2.45, 2.75) is 6.92 Å². The van der Waals surface area contributed by atoms with Crippen molar-refractivity contribution in [1.29, 1.82) is 0 Å². The summed E-state index contributed by atoms with van der Waals surface area (Å²) in [5.74, 6) is -0.957. The standard InChI is InChI=1S/C13H12Cl2N2O3/c1-7-4-10(9(15)5-8(7)14)16-11-6-12(19)17(2-3-18)13(11)20/h4-6,16,18H,2-3H2,1H3. The Morgan fingerprint density at radius 3 is 2.60 bits per heavy atom. The van der Waals surface area contributed by atoms with Crippen molar-refractivity contribution in [3.8, 4) is 0 Å². The minimum atomic E-state index is -0.493. The smallest absolute Gasteiger partial charge is 0.277 e. The fraction of sp³-hybridized carbons (Fsp3) is 0.231. The lowest BCUT2D eigenvalue weighted by Gasteiger charge is -2.14.